The average Bonchev–Trinajstić information content (AvgIpc) is 3.85. The van der Waals surface area contributed by atoms with Crippen LogP contribution in [0.4, 0.5) is 30.7 Å². The predicted octanol–water partition coefficient (Wildman–Crippen LogP) is 4.17. The molecule has 264 valence electrons. The van der Waals surface area contributed by atoms with Crippen molar-refractivity contribution in [3.63, 3.8) is 0 Å². The van der Waals surface area contributed by atoms with Crippen LogP contribution in [0.25, 0.3) is 16.8 Å². The topological polar surface area (TPSA) is 171 Å². The zero-order valence-electron chi connectivity index (χ0n) is 25.6. The fourth-order valence-electron chi connectivity index (χ4n) is 6.64. The number of nitrogens with zero attached hydrogens (tertiary/aromatic N) is 9. The van der Waals surface area contributed by atoms with Gasteiger partial charge in [-0.25, -0.2) is 36.7 Å². The fraction of sp³-hybridized carbons (Fsp3) is 0.483. The number of alkyl halides is 7. The molecule has 0 unspecified atom stereocenters. The summed E-state index contributed by atoms with van der Waals surface area (Å²) in [5, 5.41) is 23.8. The monoisotopic (exact) mass is 709 g/mol. The molecule has 1 saturated heterocycles. The summed E-state index contributed by atoms with van der Waals surface area (Å²) in [6.07, 6.45) is -5.54. The van der Waals surface area contributed by atoms with Crippen LogP contribution in [0.15, 0.2) is 41.4 Å². The first-order valence-electron chi connectivity index (χ1n) is 15.4. The molecule has 2 amide bonds. The van der Waals surface area contributed by atoms with Crippen molar-refractivity contribution in [2.24, 2.45) is 11.3 Å². The van der Waals surface area contributed by atoms with Crippen molar-refractivity contribution >= 4 is 28.6 Å². The maximum atomic E-state index is 14.1. The number of hydrogen-bond donors (Lipinski definition) is 2. The molecule has 14 nitrogen and oxygen atoms in total. The molecule has 0 spiro atoms. The molecular formula is C29H26F7N11O3. The number of hydrogen-bond acceptors (Lipinski definition) is 10. The van der Waals surface area contributed by atoms with Crippen molar-refractivity contribution in [3.05, 3.63) is 59.4 Å². The van der Waals surface area contributed by atoms with Crippen LogP contribution in [0.5, 0.6) is 0 Å². The molecule has 2 aliphatic rings. The first kappa shape index (κ1) is 33.3. The van der Waals surface area contributed by atoms with Gasteiger partial charge in [-0.05, 0) is 65.7 Å². The van der Waals surface area contributed by atoms with E-state index in [0.717, 1.165) is 4.80 Å². The molecule has 5 aromatic heterocycles. The quantitative estimate of drug-likeness (QED) is 0.212. The Morgan fingerprint density at radius 2 is 1.94 bits per heavy atom. The number of nitrogens with one attached hydrogen (secondary N) is 2. The zero-order valence-corrected chi connectivity index (χ0v) is 25.6. The third-order valence-corrected chi connectivity index (χ3v) is 9.13. The van der Waals surface area contributed by atoms with Gasteiger partial charge in [0.1, 0.15) is 11.6 Å². The Hall–Kier alpha value is -5.24. The summed E-state index contributed by atoms with van der Waals surface area (Å²) >= 11 is 0. The number of amides is 2. The van der Waals surface area contributed by atoms with Crippen LogP contribution >= 0.6 is 0 Å². The van der Waals surface area contributed by atoms with E-state index in [9.17, 15) is 40.3 Å². The summed E-state index contributed by atoms with van der Waals surface area (Å²) in [5.41, 5.74) is -2.17. The van der Waals surface area contributed by atoms with Gasteiger partial charge in [0.05, 0.1) is 36.1 Å². The van der Waals surface area contributed by atoms with Gasteiger partial charge in [-0.15, -0.1) is 5.10 Å². The second-order valence-corrected chi connectivity index (χ2v) is 12.6. The van der Waals surface area contributed by atoms with E-state index in [4.69, 9.17) is 0 Å². The van der Waals surface area contributed by atoms with Crippen LogP contribution in [-0.2, 0) is 17.8 Å². The maximum Gasteiger partial charge on any atom is 0.408 e. The maximum absolute atomic E-state index is 14.1. The van der Waals surface area contributed by atoms with Gasteiger partial charge in [0.2, 0.25) is 23.2 Å². The molecule has 50 heavy (non-hydrogen) atoms. The van der Waals surface area contributed by atoms with E-state index in [1.54, 1.807) is 12.1 Å². The van der Waals surface area contributed by atoms with Crippen molar-refractivity contribution in [2.45, 2.75) is 75.7 Å². The van der Waals surface area contributed by atoms with E-state index in [2.05, 4.69) is 50.8 Å². The summed E-state index contributed by atoms with van der Waals surface area (Å²) in [6, 6.07) is 1.55. The Labute approximate surface area is 275 Å². The summed E-state index contributed by atoms with van der Waals surface area (Å²) in [4.78, 5) is 36.2. The Balaban J connectivity index is 1.20. The summed E-state index contributed by atoms with van der Waals surface area (Å²) in [7, 11) is 0. The number of halogens is 7. The lowest BCUT2D eigenvalue weighted by Gasteiger charge is -2.33. The highest BCUT2D eigenvalue weighted by atomic mass is 19.4. The predicted molar refractivity (Wildman–Crippen MR) is 153 cm³/mol. The normalized spacial score (nSPS) is 22.0. The summed E-state index contributed by atoms with van der Waals surface area (Å²) in [6.45, 7) is -0.315. The first-order valence-corrected chi connectivity index (χ1v) is 15.4. The molecule has 0 radical (unpaired) electrons. The Morgan fingerprint density at radius 1 is 1.16 bits per heavy atom. The van der Waals surface area contributed by atoms with Gasteiger partial charge in [0.15, 0.2) is 11.3 Å². The third-order valence-electron chi connectivity index (χ3n) is 9.13. The minimum absolute atomic E-state index is 0.0345. The van der Waals surface area contributed by atoms with E-state index >= 15 is 0 Å². The zero-order chi connectivity index (χ0) is 35.4. The number of fused-ring (bicyclic) bond motifs is 2. The molecule has 1 aliphatic carbocycles. The third kappa shape index (κ3) is 6.42. The van der Waals surface area contributed by atoms with Gasteiger partial charge < -0.3 is 10.6 Å². The van der Waals surface area contributed by atoms with Crippen LogP contribution in [0.1, 0.15) is 72.0 Å². The second kappa shape index (κ2) is 12.3. The Bertz CT molecular complexity index is 2020. The molecule has 21 heteroatoms. The lowest BCUT2D eigenvalue weighted by molar-refractivity contribution is -0.155. The highest BCUT2D eigenvalue weighted by molar-refractivity contribution is 5.93. The van der Waals surface area contributed by atoms with Crippen LogP contribution < -0.4 is 10.6 Å². The highest BCUT2D eigenvalue weighted by Crippen LogP contribution is 2.43. The molecule has 0 aromatic carbocycles. The lowest BCUT2D eigenvalue weighted by Crippen LogP contribution is -2.40. The van der Waals surface area contributed by atoms with Crippen molar-refractivity contribution in [1.82, 2.24) is 55.5 Å². The number of pyridine rings is 1. The molecule has 6 heterocycles. The number of rotatable bonds is 9. The molecular weight excluding hydrogens is 683 g/mol. The molecule has 2 fully saturated rings. The number of carbonyl (C=O) groups excluding carboxylic acids is 2. The van der Waals surface area contributed by atoms with Crippen LogP contribution in [-0.4, -0.2) is 74.8 Å². The standard InChI is InChI=1S/C29H26F7N11O3/c30-23(31)21-22(45-50-44-21)25(48)41-20(15-3-5-28(32,33)6-4-15)17-12-46-19(39-17)8-14(11-38-46)9-27(10-18(29(34,35)36)40-26(27)49)13-47-42-16-2-1-7-37-24(16)43-47/h1-2,7-8,11-12,15,18,20,23H,3-6,9-10,13H2,(H,40,49)(H,41,48)/t18-,20-,27-/m0/s1. The average molecular weight is 710 g/mol. The van der Waals surface area contributed by atoms with Gasteiger partial charge >= 0.3 is 6.18 Å². The van der Waals surface area contributed by atoms with E-state index in [1.807, 2.05) is 0 Å². The molecule has 1 aliphatic heterocycles. The molecule has 0 bridgehead atoms. The molecule has 1 saturated carbocycles. The second-order valence-electron chi connectivity index (χ2n) is 12.6. The van der Waals surface area contributed by atoms with Crippen molar-refractivity contribution in [3.8, 4) is 0 Å². The SMILES string of the molecule is O=C(N[C@H](c1cn2ncc(C[C@@]3(Cn4nc5cccnc5n4)C[C@@H](C(F)(F)F)NC3=O)cc2n1)C1CCC(F)(F)CC1)c1nonc1C(F)F. The first-order chi connectivity index (χ1) is 23.7. The van der Waals surface area contributed by atoms with E-state index < -0.39 is 84.4 Å². The molecule has 2 N–H and O–H groups in total. The van der Waals surface area contributed by atoms with Crippen LogP contribution in [0.3, 0.4) is 0 Å². The lowest BCUT2D eigenvalue weighted by atomic mass is 9.79. The van der Waals surface area contributed by atoms with Crippen molar-refractivity contribution in [2.75, 3.05) is 0 Å². The molecule has 7 rings (SSSR count). The number of imidazole rings is 1. The van der Waals surface area contributed by atoms with Gasteiger partial charge in [-0.2, -0.15) is 28.2 Å². The van der Waals surface area contributed by atoms with Crippen LogP contribution in [0, 0.1) is 11.3 Å². The van der Waals surface area contributed by atoms with Crippen molar-refractivity contribution < 1.29 is 45.0 Å². The van der Waals surface area contributed by atoms with Gasteiger partial charge in [0.25, 0.3) is 12.3 Å². The van der Waals surface area contributed by atoms with Crippen molar-refractivity contribution in [1.29, 1.82) is 0 Å². The highest BCUT2D eigenvalue weighted by Gasteiger charge is 2.56. The number of carbonyl (C=O) groups is 2. The molecule has 5 aromatic rings. The van der Waals surface area contributed by atoms with E-state index in [-0.39, 0.29) is 42.8 Å². The smallest absolute Gasteiger partial charge is 0.344 e. The fourth-order valence-corrected chi connectivity index (χ4v) is 6.64. The minimum atomic E-state index is -4.72. The number of aromatic nitrogens is 9. The van der Waals surface area contributed by atoms with Gasteiger partial charge in [-0.1, -0.05) is 0 Å². The Kier molecular flexibility index (Phi) is 8.16. The van der Waals surface area contributed by atoms with Crippen LogP contribution in [0.2, 0.25) is 0 Å². The Morgan fingerprint density at radius 3 is 2.64 bits per heavy atom. The van der Waals surface area contributed by atoms with Gasteiger partial charge in [0, 0.05) is 19.0 Å². The largest absolute Gasteiger partial charge is 0.408 e. The minimum Gasteiger partial charge on any atom is -0.344 e. The summed E-state index contributed by atoms with van der Waals surface area (Å²) < 4.78 is 102. The molecule has 3 atom stereocenters. The van der Waals surface area contributed by atoms with E-state index in [0.29, 0.717) is 11.1 Å². The van der Waals surface area contributed by atoms with Gasteiger partial charge in [-0.3, -0.25) is 9.59 Å². The summed E-state index contributed by atoms with van der Waals surface area (Å²) in [5.74, 6) is -5.45. The van der Waals surface area contributed by atoms with E-state index in [1.165, 1.54) is 29.2 Å².